The third-order valence-electron chi connectivity index (χ3n) is 11.2. The Hall–Kier alpha value is -6.78. The molecule has 0 fully saturated rings. The molecule has 55 heavy (non-hydrogen) atoms. The van der Waals surface area contributed by atoms with Crippen LogP contribution in [-0.4, -0.2) is 0 Å². The highest BCUT2D eigenvalue weighted by molar-refractivity contribution is 6.23. The molecule has 0 saturated heterocycles. The molecule has 0 atom stereocenters. The minimum atomic E-state index is -0.404. The molecular weight excluding hydrogens is 679 g/mol. The van der Waals surface area contributed by atoms with Crippen molar-refractivity contribution >= 4 is 66.4 Å². The average molecular weight is 715 g/mol. The Morgan fingerprint density at radius 3 is 1.47 bits per heavy atom. The Kier molecular flexibility index (Phi) is 7.57. The van der Waals surface area contributed by atoms with E-state index in [1.165, 1.54) is 45.2 Å². The van der Waals surface area contributed by atoms with Crippen molar-refractivity contribution in [2.24, 2.45) is 0 Å². The van der Waals surface area contributed by atoms with E-state index in [2.05, 4.69) is 121 Å². The average Bonchev–Trinajstić information content (AvgIpc) is 3.46. The standard InChI is InChI=1S/C51H36F2N2/c1-51(2)46-32-47(55(36-19-7-4-8-20-36)38-22-14-16-34(53)30-38)41-24-10-12-26-43(41)48(46)49-42-25-11-9-23-40(42)45-31-39(27-28-44(45)50(49)51)54(35-17-5-3-6-18-35)37-21-13-15-33(52)29-37/h3-32H,1-2H3. The zero-order valence-electron chi connectivity index (χ0n) is 30.5. The maximum atomic E-state index is 14.9. The lowest BCUT2D eigenvalue weighted by Crippen LogP contribution is -2.17. The predicted molar refractivity (Wildman–Crippen MR) is 226 cm³/mol. The number of anilines is 6. The summed E-state index contributed by atoms with van der Waals surface area (Å²) in [5, 5.41) is 6.91. The quantitative estimate of drug-likeness (QED) is 0.158. The molecule has 9 aromatic carbocycles. The zero-order chi connectivity index (χ0) is 37.3. The van der Waals surface area contributed by atoms with Crippen molar-refractivity contribution in [3.63, 3.8) is 0 Å². The zero-order valence-corrected chi connectivity index (χ0v) is 30.5. The van der Waals surface area contributed by atoms with Crippen molar-refractivity contribution in [1.82, 2.24) is 0 Å². The fourth-order valence-electron chi connectivity index (χ4n) is 8.92. The predicted octanol–water partition coefficient (Wildman–Crippen LogP) is 14.7. The van der Waals surface area contributed by atoms with Gasteiger partial charge in [0.05, 0.1) is 5.69 Å². The van der Waals surface area contributed by atoms with Crippen LogP contribution in [-0.2, 0) is 5.41 Å². The molecule has 0 N–H and O–H groups in total. The molecule has 4 heteroatoms. The fraction of sp³-hybridized carbons (Fsp3) is 0.0588. The van der Waals surface area contributed by atoms with E-state index in [9.17, 15) is 8.78 Å². The van der Waals surface area contributed by atoms with Crippen LogP contribution in [0.2, 0.25) is 0 Å². The monoisotopic (exact) mass is 714 g/mol. The Morgan fingerprint density at radius 1 is 0.364 bits per heavy atom. The van der Waals surface area contributed by atoms with Crippen LogP contribution in [0.3, 0.4) is 0 Å². The first-order valence-corrected chi connectivity index (χ1v) is 18.7. The summed E-state index contributed by atoms with van der Waals surface area (Å²) in [4.78, 5) is 4.30. The third kappa shape index (κ3) is 5.20. The lowest BCUT2D eigenvalue weighted by Gasteiger charge is -2.30. The molecule has 0 unspecified atom stereocenters. The van der Waals surface area contributed by atoms with Crippen molar-refractivity contribution in [2.45, 2.75) is 19.3 Å². The van der Waals surface area contributed by atoms with E-state index >= 15 is 0 Å². The van der Waals surface area contributed by atoms with Gasteiger partial charge in [0.15, 0.2) is 0 Å². The Balaban J connectivity index is 1.26. The largest absolute Gasteiger partial charge is 0.310 e. The van der Waals surface area contributed by atoms with Gasteiger partial charge in [-0.25, -0.2) is 8.78 Å². The summed E-state index contributed by atoms with van der Waals surface area (Å²) < 4.78 is 29.7. The van der Waals surface area contributed by atoms with Gasteiger partial charge in [-0.15, -0.1) is 0 Å². The SMILES string of the molecule is CC1(C)c2cc(N(c3ccccc3)c3cccc(F)c3)c3ccccc3c2-c2c1c1ccc(N(c3ccccc3)c3cccc(F)c3)cc1c1ccccc21. The number of nitrogens with zero attached hydrogens (tertiary/aromatic N) is 2. The summed E-state index contributed by atoms with van der Waals surface area (Å²) in [5.41, 5.74) is 9.94. The molecule has 9 aromatic rings. The molecule has 2 nitrogen and oxygen atoms in total. The molecule has 1 aliphatic rings. The second-order valence-corrected chi connectivity index (χ2v) is 14.8. The molecule has 0 aliphatic heterocycles. The lowest BCUT2D eigenvalue weighted by atomic mass is 9.79. The highest BCUT2D eigenvalue weighted by Gasteiger charge is 2.40. The fourth-order valence-corrected chi connectivity index (χ4v) is 8.92. The molecule has 264 valence electrons. The molecule has 0 amide bonds. The van der Waals surface area contributed by atoms with E-state index in [4.69, 9.17) is 0 Å². The molecular formula is C51H36F2N2. The number of rotatable bonds is 6. The van der Waals surface area contributed by atoms with Crippen molar-refractivity contribution in [1.29, 1.82) is 0 Å². The van der Waals surface area contributed by atoms with Crippen LogP contribution in [0.15, 0.2) is 182 Å². The second kappa shape index (κ2) is 12.7. The van der Waals surface area contributed by atoms with Gasteiger partial charge in [-0.2, -0.15) is 0 Å². The van der Waals surface area contributed by atoms with E-state index in [0.29, 0.717) is 0 Å². The molecule has 0 heterocycles. The van der Waals surface area contributed by atoms with Gasteiger partial charge in [-0.1, -0.05) is 117 Å². The summed E-state index contributed by atoms with van der Waals surface area (Å²) in [5.74, 6) is -0.561. The lowest BCUT2D eigenvalue weighted by molar-refractivity contribution is 0.627. The first kappa shape index (κ1) is 32.8. The first-order chi connectivity index (χ1) is 26.9. The molecule has 0 radical (unpaired) electrons. The topological polar surface area (TPSA) is 6.48 Å². The molecule has 1 aliphatic carbocycles. The van der Waals surface area contributed by atoms with Gasteiger partial charge in [0, 0.05) is 39.2 Å². The first-order valence-electron chi connectivity index (χ1n) is 18.7. The van der Waals surface area contributed by atoms with Gasteiger partial charge < -0.3 is 9.80 Å². The van der Waals surface area contributed by atoms with Crippen LogP contribution >= 0.6 is 0 Å². The summed E-state index contributed by atoms with van der Waals surface area (Å²) in [7, 11) is 0. The maximum Gasteiger partial charge on any atom is 0.125 e. The second-order valence-electron chi connectivity index (χ2n) is 14.8. The van der Waals surface area contributed by atoms with Crippen molar-refractivity contribution in [3.05, 3.63) is 205 Å². The van der Waals surface area contributed by atoms with E-state index in [0.717, 1.165) is 55.7 Å². The maximum absolute atomic E-state index is 14.9. The number of halogens is 2. The Morgan fingerprint density at radius 2 is 0.855 bits per heavy atom. The van der Waals surface area contributed by atoms with Crippen LogP contribution in [0.5, 0.6) is 0 Å². The number of fused-ring (bicyclic) bond motifs is 10. The normalized spacial score (nSPS) is 12.9. The summed E-state index contributed by atoms with van der Waals surface area (Å²) in [6.07, 6.45) is 0. The van der Waals surface area contributed by atoms with Gasteiger partial charge in [-0.3, -0.25) is 0 Å². The van der Waals surface area contributed by atoms with E-state index < -0.39 is 5.41 Å². The minimum Gasteiger partial charge on any atom is -0.310 e. The number of para-hydroxylation sites is 2. The van der Waals surface area contributed by atoms with Crippen molar-refractivity contribution in [3.8, 4) is 11.1 Å². The Bertz CT molecular complexity index is 2940. The third-order valence-corrected chi connectivity index (χ3v) is 11.2. The van der Waals surface area contributed by atoms with Gasteiger partial charge in [0.25, 0.3) is 0 Å². The molecule has 0 aromatic heterocycles. The van der Waals surface area contributed by atoms with Crippen LogP contribution in [0.25, 0.3) is 43.4 Å². The van der Waals surface area contributed by atoms with Crippen molar-refractivity contribution in [2.75, 3.05) is 9.80 Å². The van der Waals surface area contributed by atoms with Gasteiger partial charge >= 0.3 is 0 Å². The van der Waals surface area contributed by atoms with E-state index in [1.807, 2.05) is 48.5 Å². The number of hydrogen-bond acceptors (Lipinski definition) is 2. The van der Waals surface area contributed by atoms with Gasteiger partial charge in [0.2, 0.25) is 0 Å². The van der Waals surface area contributed by atoms with Crippen LogP contribution in [0.1, 0.15) is 25.0 Å². The van der Waals surface area contributed by atoms with Crippen LogP contribution in [0, 0.1) is 11.6 Å². The van der Waals surface area contributed by atoms with Crippen molar-refractivity contribution < 1.29 is 8.78 Å². The summed E-state index contributed by atoms with van der Waals surface area (Å²) in [6, 6.07) is 60.3. The van der Waals surface area contributed by atoms with Gasteiger partial charge in [-0.05, 0) is 128 Å². The molecule has 10 rings (SSSR count). The number of benzene rings is 9. The Labute approximate surface area is 319 Å². The highest BCUT2D eigenvalue weighted by Crippen LogP contribution is 2.59. The van der Waals surface area contributed by atoms with Crippen LogP contribution in [0.4, 0.5) is 42.9 Å². The highest BCUT2D eigenvalue weighted by atomic mass is 19.1. The molecule has 0 saturated carbocycles. The van der Waals surface area contributed by atoms with E-state index in [1.54, 1.807) is 24.3 Å². The summed E-state index contributed by atoms with van der Waals surface area (Å²) >= 11 is 0. The molecule has 0 bridgehead atoms. The van der Waals surface area contributed by atoms with Gasteiger partial charge in [0.1, 0.15) is 11.6 Å². The van der Waals surface area contributed by atoms with E-state index in [-0.39, 0.29) is 11.6 Å². The molecule has 0 spiro atoms. The smallest absolute Gasteiger partial charge is 0.125 e. The van der Waals surface area contributed by atoms with Crippen LogP contribution < -0.4 is 9.80 Å². The minimum absolute atomic E-state index is 0.280. The number of hydrogen-bond donors (Lipinski definition) is 0. The summed E-state index contributed by atoms with van der Waals surface area (Å²) in [6.45, 7) is 4.66.